The summed E-state index contributed by atoms with van der Waals surface area (Å²) in [6.07, 6.45) is 0. The zero-order valence-corrected chi connectivity index (χ0v) is 14.0. The molecular weight excluding hydrogens is 280 g/mol. The van der Waals surface area contributed by atoms with Gasteiger partial charge in [0.25, 0.3) is 0 Å². The molecule has 1 aliphatic heterocycles. The second kappa shape index (κ2) is 5.46. The topological polar surface area (TPSA) is 72.9 Å². The van der Waals surface area contributed by atoms with Crippen molar-refractivity contribution in [2.45, 2.75) is 65.6 Å². The minimum atomic E-state index is -0.112. The molecule has 0 aliphatic carbocycles. The summed E-state index contributed by atoms with van der Waals surface area (Å²) in [6, 6.07) is 0. The Morgan fingerprint density at radius 3 is 2.50 bits per heavy atom. The minimum absolute atomic E-state index is 0.112. The van der Waals surface area contributed by atoms with E-state index in [0.717, 1.165) is 31.3 Å². The van der Waals surface area contributed by atoms with Crippen LogP contribution in [-0.4, -0.2) is 36.4 Å². The van der Waals surface area contributed by atoms with Crippen LogP contribution in [0, 0.1) is 0 Å². The smallest absolute Gasteiger partial charge is 0.230 e. The van der Waals surface area contributed by atoms with Gasteiger partial charge in [0.2, 0.25) is 11.8 Å². The molecule has 1 aliphatic rings. The molecule has 3 rings (SSSR count). The summed E-state index contributed by atoms with van der Waals surface area (Å²) in [4.78, 5) is 2.27. The van der Waals surface area contributed by atoms with Crippen LogP contribution in [0.1, 0.15) is 64.0 Å². The molecule has 0 fully saturated rings. The maximum absolute atomic E-state index is 5.78. The fourth-order valence-corrected chi connectivity index (χ4v) is 2.60. The molecule has 0 amide bonds. The van der Waals surface area contributed by atoms with Gasteiger partial charge in [0.1, 0.15) is 11.6 Å². The van der Waals surface area contributed by atoms with Gasteiger partial charge in [-0.15, -0.1) is 20.4 Å². The molecule has 3 heterocycles. The van der Waals surface area contributed by atoms with E-state index in [1.165, 1.54) is 0 Å². The third kappa shape index (κ3) is 2.90. The van der Waals surface area contributed by atoms with E-state index >= 15 is 0 Å². The lowest BCUT2D eigenvalue weighted by molar-refractivity contribution is 0.185. The highest BCUT2D eigenvalue weighted by atomic mass is 16.4. The Labute approximate surface area is 130 Å². The lowest BCUT2D eigenvalue weighted by Crippen LogP contribution is -2.34. The normalized spacial score (nSPS) is 16.3. The van der Waals surface area contributed by atoms with E-state index in [0.29, 0.717) is 24.2 Å². The standard InChI is InChI=1S/C15H24N6O/c1-10(2)13-18-16-11-8-20(6-7-21(11)13)9-12-17-19-14(22-12)15(3,4)5/h10H,6-9H2,1-5H3. The molecule has 7 heteroatoms. The van der Waals surface area contributed by atoms with Crippen LogP contribution in [-0.2, 0) is 25.0 Å². The number of hydrogen-bond donors (Lipinski definition) is 0. The number of rotatable bonds is 3. The molecule has 0 atom stereocenters. The van der Waals surface area contributed by atoms with Gasteiger partial charge in [-0.1, -0.05) is 34.6 Å². The van der Waals surface area contributed by atoms with Crippen LogP contribution in [0.5, 0.6) is 0 Å². The van der Waals surface area contributed by atoms with E-state index in [9.17, 15) is 0 Å². The van der Waals surface area contributed by atoms with Crippen molar-refractivity contribution < 1.29 is 4.42 Å². The molecule has 0 saturated heterocycles. The van der Waals surface area contributed by atoms with Crippen molar-refractivity contribution in [2.75, 3.05) is 6.54 Å². The first-order chi connectivity index (χ1) is 10.3. The van der Waals surface area contributed by atoms with E-state index in [2.05, 4.69) is 64.5 Å². The summed E-state index contributed by atoms with van der Waals surface area (Å²) in [5.41, 5.74) is -0.112. The third-order valence-electron chi connectivity index (χ3n) is 3.84. The molecule has 0 spiro atoms. The van der Waals surface area contributed by atoms with Crippen molar-refractivity contribution >= 4 is 0 Å². The van der Waals surface area contributed by atoms with Crippen LogP contribution in [0.25, 0.3) is 0 Å². The van der Waals surface area contributed by atoms with E-state index < -0.39 is 0 Å². The Morgan fingerprint density at radius 2 is 1.86 bits per heavy atom. The van der Waals surface area contributed by atoms with Crippen LogP contribution < -0.4 is 0 Å². The number of nitrogens with zero attached hydrogens (tertiary/aromatic N) is 6. The van der Waals surface area contributed by atoms with Gasteiger partial charge in [-0.05, 0) is 0 Å². The molecular formula is C15H24N6O. The molecule has 0 radical (unpaired) electrons. The average Bonchev–Trinajstić information content (AvgIpc) is 3.03. The third-order valence-corrected chi connectivity index (χ3v) is 3.84. The molecule has 120 valence electrons. The van der Waals surface area contributed by atoms with Crippen LogP contribution in [0.15, 0.2) is 4.42 Å². The zero-order valence-electron chi connectivity index (χ0n) is 14.0. The minimum Gasteiger partial charge on any atom is -0.423 e. The predicted octanol–water partition coefficient (Wildman–Crippen LogP) is 2.10. The quantitative estimate of drug-likeness (QED) is 0.864. The first-order valence-electron chi connectivity index (χ1n) is 7.82. The number of aromatic nitrogens is 5. The molecule has 0 aromatic carbocycles. The summed E-state index contributed by atoms with van der Waals surface area (Å²) in [6.45, 7) is 13.8. The van der Waals surface area contributed by atoms with Crippen LogP contribution in [0.4, 0.5) is 0 Å². The summed E-state index contributed by atoms with van der Waals surface area (Å²) in [7, 11) is 0. The summed E-state index contributed by atoms with van der Waals surface area (Å²) in [5.74, 6) is 3.85. The lowest BCUT2D eigenvalue weighted by Gasteiger charge is -2.26. The highest BCUT2D eigenvalue weighted by Crippen LogP contribution is 2.22. The Morgan fingerprint density at radius 1 is 1.09 bits per heavy atom. The first-order valence-corrected chi connectivity index (χ1v) is 7.82. The molecule has 0 bridgehead atoms. The zero-order chi connectivity index (χ0) is 15.9. The molecule has 2 aromatic heterocycles. The highest BCUT2D eigenvalue weighted by Gasteiger charge is 2.25. The molecule has 0 N–H and O–H groups in total. The van der Waals surface area contributed by atoms with Gasteiger partial charge < -0.3 is 8.98 Å². The second-order valence-corrected chi connectivity index (χ2v) is 7.24. The molecule has 2 aromatic rings. The Kier molecular flexibility index (Phi) is 3.76. The number of hydrogen-bond acceptors (Lipinski definition) is 6. The van der Waals surface area contributed by atoms with Gasteiger partial charge in [-0.2, -0.15) is 0 Å². The van der Waals surface area contributed by atoms with E-state index in [4.69, 9.17) is 4.42 Å². The average molecular weight is 304 g/mol. The SMILES string of the molecule is CC(C)c1nnc2n1CCN(Cc1nnc(C(C)(C)C)o1)C2. The second-order valence-electron chi connectivity index (χ2n) is 7.24. The van der Waals surface area contributed by atoms with Crippen LogP contribution >= 0.6 is 0 Å². The Hall–Kier alpha value is -1.76. The van der Waals surface area contributed by atoms with E-state index in [1.54, 1.807) is 0 Å². The highest BCUT2D eigenvalue weighted by molar-refractivity contribution is 5.03. The van der Waals surface area contributed by atoms with Gasteiger partial charge in [-0.3, -0.25) is 4.90 Å². The van der Waals surface area contributed by atoms with Crippen molar-refractivity contribution in [3.8, 4) is 0 Å². The van der Waals surface area contributed by atoms with Gasteiger partial charge in [0, 0.05) is 24.4 Å². The molecule has 0 unspecified atom stereocenters. The lowest BCUT2D eigenvalue weighted by atomic mass is 9.97. The fraction of sp³-hybridized carbons (Fsp3) is 0.733. The molecule has 7 nitrogen and oxygen atoms in total. The number of fused-ring (bicyclic) bond motifs is 1. The fourth-order valence-electron chi connectivity index (χ4n) is 2.60. The summed E-state index contributed by atoms with van der Waals surface area (Å²) in [5, 5.41) is 16.9. The van der Waals surface area contributed by atoms with E-state index in [1.807, 2.05) is 0 Å². The van der Waals surface area contributed by atoms with E-state index in [-0.39, 0.29) is 5.41 Å². The Balaban J connectivity index is 1.69. The van der Waals surface area contributed by atoms with Crippen molar-refractivity contribution in [1.29, 1.82) is 0 Å². The van der Waals surface area contributed by atoms with Crippen molar-refractivity contribution in [2.24, 2.45) is 0 Å². The van der Waals surface area contributed by atoms with Gasteiger partial charge in [0.15, 0.2) is 0 Å². The molecule has 0 saturated carbocycles. The van der Waals surface area contributed by atoms with Crippen LogP contribution in [0.2, 0.25) is 0 Å². The van der Waals surface area contributed by atoms with Gasteiger partial charge >= 0.3 is 0 Å². The van der Waals surface area contributed by atoms with Crippen molar-refractivity contribution in [3.63, 3.8) is 0 Å². The van der Waals surface area contributed by atoms with Crippen LogP contribution in [0.3, 0.4) is 0 Å². The Bertz CT molecular complexity index is 651. The van der Waals surface area contributed by atoms with Gasteiger partial charge in [0.05, 0.1) is 13.1 Å². The first kappa shape index (κ1) is 15.1. The maximum Gasteiger partial charge on any atom is 0.230 e. The summed E-state index contributed by atoms with van der Waals surface area (Å²) < 4.78 is 8.01. The summed E-state index contributed by atoms with van der Waals surface area (Å²) >= 11 is 0. The van der Waals surface area contributed by atoms with Crippen molar-refractivity contribution in [3.05, 3.63) is 23.4 Å². The largest absolute Gasteiger partial charge is 0.423 e. The predicted molar refractivity (Wildman–Crippen MR) is 81.2 cm³/mol. The van der Waals surface area contributed by atoms with Gasteiger partial charge in [-0.25, -0.2) is 0 Å². The van der Waals surface area contributed by atoms with Crippen molar-refractivity contribution in [1.82, 2.24) is 29.9 Å². The molecule has 22 heavy (non-hydrogen) atoms. The monoisotopic (exact) mass is 304 g/mol. The maximum atomic E-state index is 5.78.